The molecule has 1 aromatic heterocycles. The zero-order valence-corrected chi connectivity index (χ0v) is 10.8. The van der Waals surface area contributed by atoms with E-state index in [2.05, 4.69) is 15.5 Å². The van der Waals surface area contributed by atoms with Crippen molar-refractivity contribution in [2.45, 2.75) is 12.7 Å². The van der Waals surface area contributed by atoms with Crippen molar-refractivity contribution in [1.82, 2.24) is 14.8 Å². The standard InChI is InChI=1S/C12H11F3N4O2/c1-19-6-17-18-10(19)5-16-9-3-2-7(12(13,14)15)4-8(9)11(20)21/h2-4,6,16H,5H2,1H3,(H,20,21). The molecule has 0 aliphatic rings. The van der Waals surface area contributed by atoms with E-state index in [4.69, 9.17) is 5.11 Å². The van der Waals surface area contributed by atoms with Gasteiger partial charge in [0.05, 0.1) is 17.7 Å². The first kappa shape index (κ1) is 14.8. The summed E-state index contributed by atoms with van der Waals surface area (Å²) in [6.07, 6.45) is -3.13. The second-order valence-corrected chi connectivity index (χ2v) is 4.27. The highest BCUT2D eigenvalue weighted by Crippen LogP contribution is 2.32. The Balaban J connectivity index is 2.27. The fraction of sp³-hybridized carbons (Fsp3) is 0.250. The van der Waals surface area contributed by atoms with Crippen LogP contribution in [-0.2, 0) is 19.8 Å². The predicted molar refractivity (Wildman–Crippen MR) is 66.7 cm³/mol. The molecule has 0 saturated heterocycles. The van der Waals surface area contributed by atoms with Gasteiger partial charge in [0.25, 0.3) is 0 Å². The molecule has 2 N–H and O–H groups in total. The van der Waals surface area contributed by atoms with Gasteiger partial charge in [-0.25, -0.2) is 4.79 Å². The molecule has 1 heterocycles. The average molecular weight is 300 g/mol. The van der Waals surface area contributed by atoms with Gasteiger partial charge in [0, 0.05) is 12.7 Å². The molecule has 0 saturated carbocycles. The highest BCUT2D eigenvalue weighted by Gasteiger charge is 2.31. The van der Waals surface area contributed by atoms with Crippen LogP contribution in [0, 0.1) is 0 Å². The SMILES string of the molecule is Cn1cnnc1CNc1ccc(C(F)(F)F)cc1C(=O)O. The van der Waals surface area contributed by atoms with Gasteiger partial charge in [0.2, 0.25) is 0 Å². The quantitative estimate of drug-likeness (QED) is 0.904. The maximum atomic E-state index is 12.6. The fourth-order valence-electron chi connectivity index (χ4n) is 1.69. The number of nitrogens with zero attached hydrogens (tertiary/aromatic N) is 3. The molecular weight excluding hydrogens is 289 g/mol. The van der Waals surface area contributed by atoms with Gasteiger partial charge < -0.3 is 15.0 Å². The summed E-state index contributed by atoms with van der Waals surface area (Å²) in [4.78, 5) is 11.1. The monoisotopic (exact) mass is 300 g/mol. The third-order valence-electron chi connectivity index (χ3n) is 2.82. The van der Waals surface area contributed by atoms with Crippen LogP contribution in [0.5, 0.6) is 0 Å². The van der Waals surface area contributed by atoms with Crippen molar-refractivity contribution in [3.05, 3.63) is 41.5 Å². The van der Waals surface area contributed by atoms with Crippen molar-refractivity contribution in [3.63, 3.8) is 0 Å². The highest BCUT2D eigenvalue weighted by atomic mass is 19.4. The Labute approximate surface area is 117 Å². The number of hydrogen-bond acceptors (Lipinski definition) is 4. The number of aromatic nitrogens is 3. The molecule has 0 aliphatic carbocycles. The summed E-state index contributed by atoms with van der Waals surface area (Å²) in [7, 11) is 1.70. The number of anilines is 1. The first-order valence-electron chi connectivity index (χ1n) is 5.80. The van der Waals surface area contributed by atoms with Gasteiger partial charge in [0.1, 0.15) is 6.33 Å². The van der Waals surface area contributed by atoms with Crippen LogP contribution in [-0.4, -0.2) is 25.8 Å². The van der Waals surface area contributed by atoms with Crippen LogP contribution in [0.3, 0.4) is 0 Å². The molecular formula is C12H11F3N4O2. The van der Waals surface area contributed by atoms with Crippen molar-refractivity contribution < 1.29 is 23.1 Å². The molecule has 0 radical (unpaired) electrons. The molecule has 0 amide bonds. The van der Waals surface area contributed by atoms with Crippen LogP contribution in [0.4, 0.5) is 18.9 Å². The molecule has 112 valence electrons. The zero-order valence-electron chi connectivity index (χ0n) is 10.8. The molecule has 9 heteroatoms. The van der Waals surface area contributed by atoms with Gasteiger partial charge in [-0.1, -0.05) is 0 Å². The molecule has 0 bridgehead atoms. The lowest BCUT2D eigenvalue weighted by atomic mass is 10.1. The number of nitrogens with one attached hydrogen (secondary N) is 1. The van der Waals surface area contributed by atoms with Crippen LogP contribution >= 0.6 is 0 Å². The maximum Gasteiger partial charge on any atom is 0.416 e. The summed E-state index contributed by atoms with van der Waals surface area (Å²) in [6.45, 7) is 0.141. The lowest BCUT2D eigenvalue weighted by molar-refractivity contribution is -0.137. The van der Waals surface area contributed by atoms with E-state index in [1.807, 2.05) is 0 Å². The summed E-state index contributed by atoms with van der Waals surface area (Å²) in [5.41, 5.74) is -1.38. The minimum atomic E-state index is -4.59. The average Bonchev–Trinajstić information content (AvgIpc) is 2.80. The van der Waals surface area contributed by atoms with E-state index in [9.17, 15) is 18.0 Å². The summed E-state index contributed by atoms with van der Waals surface area (Å²) >= 11 is 0. The van der Waals surface area contributed by atoms with Crippen LogP contribution in [0.25, 0.3) is 0 Å². The predicted octanol–water partition coefficient (Wildman–Crippen LogP) is 2.14. The third kappa shape index (κ3) is 3.30. The first-order chi connectivity index (χ1) is 9.79. The normalized spacial score (nSPS) is 11.4. The Morgan fingerprint density at radius 1 is 1.43 bits per heavy atom. The minimum Gasteiger partial charge on any atom is -0.478 e. The van der Waals surface area contributed by atoms with Gasteiger partial charge in [-0.05, 0) is 18.2 Å². The van der Waals surface area contributed by atoms with Gasteiger partial charge in [-0.15, -0.1) is 10.2 Å². The number of hydrogen-bond donors (Lipinski definition) is 2. The highest BCUT2D eigenvalue weighted by molar-refractivity contribution is 5.94. The topological polar surface area (TPSA) is 80.0 Å². The largest absolute Gasteiger partial charge is 0.478 e. The summed E-state index contributed by atoms with van der Waals surface area (Å²) in [6, 6.07) is 2.51. The van der Waals surface area contributed by atoms with Crippen molar-refractivity contribution in [3.8, 4) is 0 Å². The molecule has 0 spiro atoms. The Bertz CT molecular complexity index is 667. The summed E-state index contributed by atoms with van der Waals surface area (Å²) < 4.78 is 39.4. The third-order valence-corrected chi connectivity index (χ3v) is 2.82. The lowest BCUT2D eigenvalue weighted by Gasteiger charge is -2.12. The van der Waals surface area contributed by atoms with E-state index in [-0.39, 0.29) is 12.2 Å². The number of halogens is 3. The molecule has 0 atom stereocenters. The van der Waals surface area contributed by atoms with Crippen molar-refractivity contribution in [2.24, 2.45) is 7.05 Å². The fourth-order valence-corrected chi connectivity index (χ4v) is 1.69. The van der Waals surface area contributed by atoms with Crippen molar-refractivity contribution >= 4 is 11.7 Å². The van der Waals surface area contributed by atoms with E-state index < -0.39 is 23.3 Å². The Kier molecular flexibility index (Phi) is 3.83. The lowest BCUT2D eigenvalue weighted by Crippen LogP contribution is -2.12. The van der Waals surface area contributed by atoms with Gasteiger partial charge >= 0.3 is 12.1 Å². The van der Waals surface area contributed by atoms with Crippen molar-refractivity contribution in [2.75, 3.05) is 5.32 Å². The van der Waals surface area contributed by atoms with E-state index in [0.29, 0.717) is 11.9 Å². The van der Waals surface area contributed by atoms with Crippen LogP contribution < -0.4 is 5.32 Å². The second kappa shape index (κ2) is 5.43. The minimum absolute atomic E-state index is 0.0819. The van der Waals surface area contributed by atoms with Gasteiger partial charge in [-0.2, -0.15) is 13.2 Å². The number of carbonyl (C=O) groups is 1. The molecule has 0 aliphatic heterocycles. The number of aryl methyl sites for hydroxylation is 1. The smallest absolute Gasteiger partial charge is 0.416 e. The molecule has 0 fully saturated rings. The maximum absolute atomic E-state index is 12.6. The van der Waals surface area contributed by atoms with Crippen LogP contribution in [0.2, 0.25) is 0 Å². The molecule has 0 unspecified atom stereocenters. The number of alkyl halides is 3. The van der Waals surface area contributed by atoms with Gasteiger partial charge in [0.15, 0.2) is 5.82 Å². The molecule has 2 aromatic rings. The molecule has 2 rings (SSSR count). The van der Waals surface area contributed by atoms with E-state index in [1.54, 1.807) is 11.6 Å². The summed E-state index contributed by atoms with van der Waals surface area (Å²) in [5, 5.41) is 19.2. The Hall–Kier alpha value is -2.58. The number of aromatic carboxylic acids is 1. The zero-order chi connectivity index (χ0) is 15.6. The number of carboxylic acids is 1. The molecule has 21 heavy (non-hydrogen) atoms. The van der Waals surface area contributed by atoms with Gasteiger partial charge in [-0.3, -0.25) is 0 Å². The van der Waals surface area contributed by atoms with E-state index in [1.165, 1.54) is 6.33 Å². The Morgan fingerprint density at radius 2 is 2.14 bits per heavy atom. The van der Waals surface area contributed by atoms with E-state index >= 15 is 0 Å². The Morgan fingerprint density at radius 3 is 2.67 bits per heavy atom. The van der Waals surface area contributed by atoms with Crippen LogP contribution in [0.1, 0.15) is 21.7 Å². The van der Waals surface area contributed by atoms with E-state index in [0.717, 1.165) is 12.1 Å². The molecule has 1 aromatic carbocycles. The van der Waals surface area contributed by atoms with Crippen LogP contribution in [0.15, 0.2) is 24.5 Å². The number of rotatable bonds is 4. The second-order valence-electron chi connectivity index (χ2n) is 4.27. The summed E-state index contributed by atoms with van der Waals surface area (Å²) in [5.74, 6) is -0.923. The number of carboxylic acid groups (broad SMARTS) is 1. The molecule has 6 nitrogen and oxygen atoms in total. The van der Waals surface area contributed by atoms with Crippen molar-refractivity contribution in [1.29, 1.82) is 0 Å². The number of benzene rings is 1. The first-order valence-corrected chi connectivity index (χ1v) is 5.80.